The third-order valence-corrected chi connectivity index (χ3v) is 5.13. The van der Waals surface area contributed by atoms with E-state index in [1.807, 2.05) is 0 Å². The number of phenolic OH excluding ortho intramolecular Hbond substituents is 1. The largest absolute Gasteiger partial charge is 0.504 e. The molecule has 0 aliphatic heterocycles. The molecule has 0 saturated carbocycles. The lowest BCUT2D eigenvalue weighted by molar-refractivity contribution is -0.384. The number of fused-ring (bicyclic) bond motifs is 1. The van der Waals surface area contributed by atoms with Gasteiger partial charge in [-0.25, -0.2) is 10.4 Å². The van der Waals surface area contributed by atoms with Crippen molar-refractivity contribution in [3.05, 3.63) is 98.2 Å². The van der Waals surface area contributed by atoms with Crippen molar-refractivity contribution in [2.24, 2.45) is 5.10 Å². The molecule has 4 rings (SSSR count). The number of benzene rings is 2. The molecule has 0 aliphatic carbocycles. The molecule has 2 heterocycles. The van der Waals surface area contributed by atoms with Crippen molar-refractivity contribution in [1.29, 1.82) is 0 Å². The molecule has 2 aromatic heterocycles. The number of carbonyl (C=O) groups is 1. The van der Waals surface area contributed by atoms with Gasteiger partial charge in [0.1, 0.15) is 11.8 Å². The van der Waals surface area contributed by atoms with Crippen LogP contribution in [0, 0.1) is 10.1 Å². The van der Waals surface area contributed by atoms with Crippen molar-refractivity contribution in [1.82, 2.24) is 20.4 Å². The molecule has 0 bridgehead atoms. The Morgan fingerprint density at radius 2 is 1.94 bits per heavy atom. The molecule has 0 unspecified atom stereocenters. The number of methoxy groups -OCH3 is 1. The first kappa shape index (κ1) is 24.0. The zero-order valence-electron chi connectivity index (χ0n) is 18.6. The molecule has 36 heavy (non-hydrogen) atoms. The van der Waals surface area contributed by atoms with Gasteiger partial charge in [0.15, 0.2) is 17.2 Å². The van der Waals surface area contributed by atoms with Gasteiger partial charge in [0.25, 0.3) is 17.2 Å². The number of aromatic amines is 1. The number of nitrogens with one attached hydrogen (secondary N) is 2. The predicted octanol–water partition coefficient (Wildman–Crippen LogP) is 1.81. The number of nitro groups is 1. The molecule has 0 radical (unpaired) electrons. The Kier molecular flexibility index (Phi) is 6.65. The number of phenols is 1. The van der Waals surface area contributed by atoms with Gasteiger partial charge in [-0.1, -0.05) is 6.07 Å². The molecule has 4 N–H and O–H groups in total. The molecule has 13 nitrogen and oxygen atoms in total. The summed E-state index contributed by atoms with van der Waals surface area (Å²) in [5.74, 6) is -0.765. The molecule has 0 fully saturated rings. The number of hydrazone groups is 1. The number of hydrogen-bond acceptors (Lipinski definition) is 10. The second-order valence-electron chi connectivity index (χ2n) is 7.38. The average Bonchev–Trinajstić information content (AvgIpc) is 2.89. The molecule has 0 aliphatic rings. The van der Waals surface area contributed by atoms with Crippen LogP contribution in [0.5, 0.6) is 11.5 Å². The third-order valence-electron chi connectivity index (χ3n) is 5.13. The summed E-state index contributed by atoms with van der Waals surface area (Å²) in [5, 5.41) is 36.1. The van der Waals surface area contributed by atoms with Gasteiger partial charge in [-0.2, -0.15) is 5.10 Å². The predicted molar refractivity (Wildman–Crippen MR) is 127 cm³/mol. The Hall–Kier alpha value is -5.17. The molecule has 182 valence electrons. The van der Waals surface area contributed by atoms with Crippen molar-refractivity contribution >= 4 is 28.3 Å². The Morgan fingerprint density at radius 3 is 2.64 bits per heavy atom. The molecular formula is C23H18N6O7. The second kappa shape index (κ2) is 9.99. The average molecular weight is 490 g/mol. The number of aliphatic hydroxyl groups excluding tert-OH is 1. The van der Waals surface area contributed by atoms with Crippen molar-refractivity contribution in [3.63, 3.8) is 0 Å². The van der Waals surface area contributed by atoms with Gasteiger partial charge >= 0.3 is 0 Å². The van der Waals surface area contributed by atoms with E-state index in [9.17, 15) is 29.9 Å². The lowest BCUT2D eigenvalue weighted by Crippen LogP contribution is -2.29. The van der Waals surface area contributed by atoms with Crippen LogP contribution in [0.4, 0.5) is 5.69 Å². The molecule has 1 atom stereocenters. The van der Waals surface area contributed by atoms with Gasteiger partial charge in [-0.3, -0.25) is 24.7 Å². The number of hydrogen-bond donors (Lipinski definition) is 4. The number of nitrogens with zero attached hydrogens (tertiary/aromatic N) is 4. The molecule has 0 saturated heterocycles. The first-order chi connectivity index (χ1) is 17.3. The van der Waals surface area contributed by atoms with E-state index in [-0.39, 0.29) is 50.8 Å². The number of aromatic nitrogens is 3. The van der Waals surface area contributed by atoms with E-state index in [1.165, 1.54) is 62.0 Å². The maximum Gasteiger partial charge on any atom is 0.276 e. The van der Waals surface area contributed by atoms with Gasteiger partial charge in [0, 0.05) is 30.1 Å². The van der Waals surface area contributed by atoms with E-state index in [0.29, 0.717) is 0 Å². The second-order valence-corrected chi connectivity index (χ2v) is 7.38. The van der Waals surface area contributed by atoms with E-state index < -0.39 is 22.5 Å². The molecule has 0 spiro atoms. The van der Waals surface area contributed by atoms with Crippen LogP contribution < -0.4 is 15.7 Å². The molecular weight excluding hydrogens is 472 g/mol. The summed E-state index contributed by atoms with van der Waals surface area (Å²) in [4.78, 5) is 46.5. The summed E-state index contributed by atoms with van der Waals surface area (Å²) in [6, 6.07) is 10.6. The molecule has 2 aromatic carbocycles. The van der Waals surface area contributed by atoms with Crippen LogP contribution in [0.3, 0.4) is 0 Å². The van der Waals surface area contributed by atoms with Crippen molar-refractivity contribution in [2.75, 3.05) is 7.11 Å². The molecule has 4 aromatic rings. The number of amides is 1. The molecule has 1 amide bonds. The normalized spacial score (nSPS) is 12.2. The maximum absolute atomic E-state index is 12.9. The smallest absolute Gasteiger partial charge is 0.276 e. The lowest BCUT2D eigenvalue weighted by atomic mass is 10.0. The van der Waals surface area contributed by atoms with Crippen LogP contribution in [0.2, 0.25) is 0 Å². The fourth-order valence-corrected chi connectivity index (χ4v) is 3.31. The Balaban J connectivity index is 1.82. The highest BCUT2D eigenvalue weighted by atomic mass is 16.6. The number of aromatic hydroxyl groups is 1. The molecule has 13 heteroatoms. The van der Waals surface area contributed by atoms with E-state index in [0.717, 1.165) is 6.07 Å². The maximum atomic E-state index is 12.9. The summed E-state index contributed by atoms with van der Waals surface area (Å²) in [6.45, 7) is 0. The van der Waals surface area contributed by atoms with Crippen molar-refractivity contribution in [2.45, 2.75) is 6.10 Å². The number of non-ortho nitro benzene ring substituents is 1. The monoisotopic (exact) mass is 490 g/mol. The van der Waals surface area contributed by atoms with Gasteiger partial charge in [-0.05, 0) is 35.9 Å². The van der Waals surface area contributed by atoms with Gasteiger partial charge in [-0.15, -0.1) is 0 Å². The zero-order chi connectivity index (χ0) is 25.8. The summed E-state index contributed by atoms with van der Waals surface area (Å²) in [7, 11) is 1.32. The summed E-state index contributed by atoms with van der Waals surface area (Å²) in [6.07, 6.45) is 1.22. The minimum absolute atomic E-state index is 0.0550. The third kappa shape index (κ3) is 4.85. The van der Waals surface area contributed by atoms with Crippen LogP contribution >= 0.6 is 0 Å². The van der Waals surface area contributed by atoms with E-state index in [2.05, 4.69) is 25.5 Å². The fraction of sp³-hybridized carbons (Fsp3) is 0.0870. The number of ether oxygens (including phenoxy) is 1. The first-order valence-corrected chi connectivity index (χ1v) is 10.3. The highest BCUT2D eigenvalue weighted by molar-refractivity contribution is 6.04. The SMILES string of the molecule is COc1cc([C@H](O)/C(=N/NC(=O)c2ccncc2)c2nc3ccc([N+](=O)[O-])cc3[nH]c2=O)ccc1O. The number of nitro benzene ring substituents is 1. The van der Waals surface area contributed by atoms with Gasteiger partial charge < -0.3 is 19.9 Å². The Labute approximate surface area is 201 Å². The number of pyridine rings is 1. The van der Waals surface area contributed by atoms with E-state index >= 15 is 0 Å². The topological polar surface area (TPSA) is 193 Å². The summed E-state index contributed by atoms with van der Waals surface area (Å²) in [5.41, 5.74) is 1.23. The summed E-state index contributed by atoms with van der Waals surface area (Å²) < 4.78 is 5.07. The highest BCUT2D eigenvalue weighted by Crippen LogP contribution is 2.30. The van der Waals surface area contributed by atoms with E-state index in [1.54, 1.807) is 0 Å². The zero-order valence-corrected chi connectivity index (χ0v) is 18.6. The Morgan fingerprint density at radius 1 is 1.19 bits per heavy atom. The Bertz CT molecular complexity index is 1550. The van der Waals surface area contributed by atoms with Crippen LogP contribution in [0.15, 0.2) is 70.8 Å². The van der Waals surface area contributed by atoms with Crippen molar-refractivity contribution in [3.8, 4) is 11.5 Å². The van der Waals surface area contributed by atoms with Gasteiger partial charge in [0.2, 0.25) is 0 Å². The number of aliphatic hydroxyl groups is 1. The van der Waals surface area contributed by atoms with Crippen LogP contribution in [0.1, 0.15) is 27.7 Å². The van der Waals surface area contributed by atoms with Crippen LogP contribution in [-0.4, -0.2) is 48.8 Å². The fourth-order valence-electron chi connectivity index (χ4n) is 3.31. The van der Waals surface area contributed by atoms with E-state index in [4.69, 9.17) is 4.74 Å². The highest BCUT2D eigenvalue weighted by Gasteiger charge is 2.24. The van der Waals surface area contributed by atoms with Gasteiger partial charge in [0.05, 0.1) is 23.1 Å². The van der Waals surface area contributed by atoms with Crippen LogP contribution in [0.25, 0.3) is 11.0 Å². The lowest BCUT2D eigenvalue weighted by Gasteiger charge is -2.15. The van der Waals surface area contributed by atoms with Crippen molar-refractivity contribution < 1.29 is 24.7 Å². The number of rotatable bonds is 7. The number of carbonyl (C=O) groups excluding carboxylic acids is 1. The standard InChI is InChI=1S/C23H18N6O7/c1-36-18-10-13(2-5-17(18)30)21(31)19(27-28-22(32)12-6-8-24-9-7-12)20-23(33)26-16-11-14(29(34)35)3-4-15(16)25-20/h2-11,21,30-31H,1H3,(H,26,33)(H,28,32)/b27-19+/t21-/m0/s1. The minimum Gasteiger partial charge on any atom is -0.504 e. The quantitative estimate of drug-likeness (QED) is 0.170. The summed E-state index contributed by atoms with van der Waals surface area (Å²) >= 11 is 0. The minimum atomic E-state index is -1.60. The van der Waals surface area contributed by atoms with Crippen LogP contribution in [-0.2, 0) is 0 Å². The number of H-pyrrole nitrogens is 1. The first-order valence-electron chi connectivity index (χ1n) is 10.3.